The fourth-order valence-corrected chi connectivity index (χ4v) is 3.27. The Morgan fingerprint density at radius 3 is 2.54 bits per heavy atom. The molecule has 1 fully saturated rings. The highest BCUT2D eigenvalue weighted by atomic mass is 16.7. The molecule has 0 aromatic heterocycles. The van der Waals surface area contributed by atoms with Gasteiger partial charge in [-0.3, -0.25) is 0 Å². The molecular weight excluding hydrogens is 304 g/mol. The summed E-state index contributed by atoms with van der Waals surface area (Å²) in [4.78, 5) is 2.33. The zero-order valence-electron chi connectivity index (χ0n) is 13.6. The molecule has 0 unspecified atom stereocenters. The van der Waals surface area contributed by atoms with E-state index in [0.29, 0.717) is 6.54 Å². The van der Waals surface area contributed by atoms with Crippen molar-refractivity contribution in [2.75, 3.05) is 36.6 Å². The van der Waals surface area contributed by atoms with Gasteiger partial charge in [-0.25, -0.2) is 0 Å². The largest absolute Gasteiger partial charge is 0.454 e. The van der Waals surface area contributed by atoms with E-state index in [1.807, 2.05) is 24.3 Å². The van der Waals surface area contributed by atoms with Crippen molar-refractivity contribution >= 4 is 11.4 Å². The lowest BCUT2D eigenvalue weighted by molar-refractivity contribution is 0.0291. The summed E-state index contributed by atoms with van der Waals surface area (Å²) in [5, 5.41) is 14.2. The molecule has 2 aromatic rings. The molecule has 2 aliphatic rings. The Morgan fingerprint density at radius 2 is 1.75 bits per heavy atom. The van der Waals surface area contributed by atoms with Crippen LogP contribution in [0.4, 0.5) is 11.4 Å². The van der Waals surface area contributed by atoms with Gasteiger partial charge < -0.3 is 24.8 Å². The molecule has 5 heteroatoms. The van der Waals surface area contributed by atoms with E-state index in [4.69, 9.17) is 9.47 Å². The average molecular weight is 326 g/mol. The highest BCUT2D eigenvalue weighted by Gasteiger charge is 2.32. The standard InChI is InChI=1S/C19H22N2O3/c22-19(8-10-21(11-9-19)16-4-2-1-3-5-16)13-20-15-6-7-17-18(12-15)24-14-23-17/h1-7,12,20,22H,8-11,13-14H2. The first-order valence-electron chi connectivity index (χ1n) is 8.38. The summed E-state index contributed by atoms with van der Waals surface area (Å²) in [6.45, 7) is 2.54. The molecule has 0 spiro atoms. The van der Waals surface area contributed by atoms with Crippen molar-refractivity contribution in [1.82, 2.24) is 0 Å². The number of hydrogen-bond donors (Lipinski definition) is 2. The summed E-state index contributed by atoms with van der Waals surface area (Å²) in [6, 6.07) is 16.1. The van der Waals surface area contributed by atoms with Crippen LogP contribution in [0.3, 0.4) is 0 Å². The lowest BCUT2D eigenvalue weighted by atomic mass is 9.91. The molecule has 0 radical (unpaired) electrons. The third-order valence-electron chi connectivity index (χ3n) is 4.81. The molecule has 2 aromatic carbocycles. The third kappa shape index (κ3) is 3.12. The molecular formula is C19H22N2O3. The molecule has 0 saturated carbocycles. The number of benzene rings is 2. The molecule has 24 heavy (non-hydrogen) atoms. The molecule has 2 aliphatic heterocycles. The van der Waals surface area contributed by atoms with Crippen LogP contribution in [0.25, 0.3) is 0 Å². The molecule has 5 nitrogen and oxygen atoms in total. The highest BCUT2D eigenvalue weighted by molar-refractivity contribution is 5.55. The van der Waals surface area contributed by atoms with E-state index in [1.54, 1.807) is 0 Å². The van der Waals surface area contributed by atoms with E-state index in [-0.39, 0.29) is 6.79 Å². The monoisotopic (exact) mass is 326 g/mol. The van der Waals surface area contributed by atoms with Gasteiger partial charge in [0, 0.05) is 37.1 Å². The summed E-state index contributed by atoms with van der Waals surface area (Å²) in [6.07, 6.45) is 1.50. The number of ether oxygens (including phenoxy) is 2. The highest BCUT2D eigenvalue weighted by Crippen LogP contribution is 2.34. The minimum Gasteiger partial charge on any atom is -0.454 e. The maximum absolute atomic E-state index is 10.8. The molecule has 2 N–H and O–H groups in total. The van der Waals surface area contributed by atoms with Crippen molar-refractivity contribution in [2.24, 2.45) is 0 Å². The minimum absolute atomic E-state index is 0.276. The van der Waals surface area contributed by atoms with Crippen LogP contribution in [0, 0.1) is 0 Å². The number of anilines is 2. The normalized spacial score (nSPS) is 18.5. The molecule has 0 atom stereocenters. The van der Waals surface area contributed by atoms with Crippen LogP contribution < -0.4 is 19.7 Å². The first-order valence-corrected chi connectivity index (χ1v) is 8.38. The van der Waals surface area contributed by atoms with Crippen molar-refractivity contribution in [3.05, 3.63) is 48.5 Å². The predicted molar refractivity (Wildman–Crippen MR) is 93.9 cm³/mol. The van der Waals surface area contributed by atoms with Gasteiger partial charge in [0.25, 0.3) is 0 Å². The topological polar surface area (TPSA) is 54.0 Å². The number of rotatable bonds is 4. The van der Waals surface area contributed by atoms with Gasteiger partial charge in [-0.15, -0.1) is 0 Å². The second-order valence-corrected chi connectivity index (χ2v) is 6.47. The number of nitrogens with one attached hydrogen (secondary N) is 1. The number of fused-ring (bicyclic) bond motifs is 1. The van der Waals surface area contributed by atoms with Gasteiger partial charge in [0.1, 0.15) is 0 Å². The van der Waals surface area contributed by atoms with Gasteiger partial charge in [-0.2, -0.15) is 0 Å². The van der Waals surface area contributed by atoms with Crippen LogP contribution in [0.2, 0.25) is 0 Å². The second-order valence-electron chi connectivity index (χ2n) is 6.47. The van der Waals surface area contributed by atoms with Crippen molar-refractivity contribution < 1.29 is 14.6 Å². The van der Waals surface area contributed by atoms with E-state index in [9.17, 15) is 5.11 Å². The summed E-state index contributed by atoms with van der Waals surface area (Å²) in [5.41, 5.74) is 1.49. The number of piperidine rings is 1. The third-order valence-corrected chi connectivity index (χ3v) is 4.81. The minimum atomic E-state index is -0.679. The summed E-state index contributed by atoms with van der Waals surface area (Å²) in [7, 11) is 0. The van der Waals surface area contributed by atoms with E-state index in [1.165, 1.54) is 5.69 Å². The Labute approximate surface area is 141 Å². The van der Waals surface area contributed by atoms with Gasteiger partial charge in [-0.1, -0.05) is 18.2 Å². The Kier molecular flexibility index (Phi) is 3.94. The molecule has 126 valence electrons. The first kappa shape index (κ1) is 15.1. The van der Waals surface area contributed by atoms with Gasteiger partial charge in [0.2, 0.25) is 6.79 Å². The van der Waals surface area contributed by atoms with Gasteiger partial charge in [0.15, 0.2) is 11.5 Å². The predicted octanol–water partition coefficient (Wildman–Crippen LogP) is 2.86. The Balaban J connectivity index is 1.34. The number of para-hydroxylation sites is 1. The lowest BCUT2D eigenvalue weighted by Crippen LogP contribution is -2.48. The van der Waals surface area contributed by atoms with Crippen LogP contribution >= 0.6 is 0 Å². The molecule has 4 rings (SSSR count). The number of nitrogens with zero attached hydrogens (tertiary/aromatic N) is 1. The second kappa shape index (κ2) is 6.24. The van der Waals surface area contributed by atoms with Crippen LogP contribution in [-0.4, -0.2) is 37.1 Å². The Morgan fingerprint density at radius 1 is 1.00 bits per heavy atom. The van der Waals surface area contributed by atoms with Crippen molar-refractivity contribution in [3.63, 3.8) is 0 Å². The van der Waals surface area contributed by atoms with Crippen LogP contribution in [0.5, 0.6) is 11.5 Å². The van der Waals surface area contributed by atoms with E-state index >= 15 is 0 Å². The van der Waals surface area contributed by atoms with E-state index < -0.39 is 5.60 Å². The van der Waals surface area contributed by atoms with E-state index in [2.05, 4.69) is 34.5 Å². The van der Waals surface area contributed by atoms with Gasteiger partial charge in [-0.05, 0) is 37.1 Å². The molecule has 0 amide bonds. The average Bonchev–Trinajstić information content (AvgIpc) is 3.09. The van der Waals surface area contributed by atoms with E-state index in [0.717, 1.165) is 43.1 Å². The summed E-state index contributed by atoms with van der Waals surface area (Å²) < 4.78 is 10.7. The zero-order valence-corrected chi connectivity index (χ0v) is 13.6. The Bertz CT molecular complexity index is 697. The number of hydrogen-bond acceptors (Lipinski definition) is 5. The fraction of sp³-hybridized carbons (Fsp3) is 0.368. The summed E-state index contributed by atoms with van der Waals surface area (Å²) in [5.74, 6) is 1.53. The van der Waals surface area contributed by atoms with Crippen LogP contribution in [0.15, 0.2) is 48.5 Å². The molecule has 2 heterocycles. The Hall–Kier alpha value is -2.40. The van der Waals surface area contributed by atoms with Crippen LogP contribution in [0.1, 0.15) is 12.8 Å². The lowest BCUT2D eigenvalue weighted by Gasteiger charge is -2.39. The molecule has 0 bridgehead atoms. The van der Waals surface area contributed by atoms with Gasteiger partial charge in [0.05, 0.1) is 5.60 Å². The maximum atomic E-state index is 10.8. The smallest absolute Gasteiger partial charge is 0.231 e. The van der Waals surface area contributed by atoms with Gasteiger partial charge >= 0.3 is 0 Å². The van der Waals surface area contributed by atoms with Crippen molar-refractivity contribution in [1.29, 1.82) is 0 Å². The SMILES string of the molecule is OC1(CNc2ccc3c(c2)OCO3)CCN(c2ccccc2)CC1. The fourth-order valence-electron chi connectivity index (χ4n) is 3.27. The molecule has 1 saturated heterocycles. The summed E-state index contributed by atoms with van der Waals surface area (Å²) >= 11 is 0. The quantitative estimate of drug-likeness (QED) is 0.905. The number of aliphatic hydroxyl groups is 1. The van der Waals surface area contributed by atoms with Crippen LogP contribution in [-0.2, 0) is 0 Å². The molecule has 0 aliphatic carbocycles. The van der Waals surface area contributed by atoms with Crippen molar-refractivity contribution in [3.8, 4) is 11.5 Å². The maximum Gasteiger partial charge on any atom is 0.231 e. The zero-order chi connectivity index (χ0) is 16.4. The first-order chi connectivity index (χ1) is 11.7. The van der Waals surface area contributed by atoms with Crippen molar-refractivity contribution in [2.45, 2.75) is 18.4 Å².